The number of rotatable bonds is 7. The average molecular weight is 496 g/mol. The summed E-state index contributed by atoms with van der Waals surface area (Å²) < 4.78 is 33.5. The van der Waals surface area contributed by atoms with Crippen LogP contribution in [0.15, 0.2) is 71.6 Å². The normalized spacial score (nSPS) is 11.2. The number of hydrogen-bond donors (Lipinski definition) is 3. The molecule has 0 radical (unpaired) electrons. The van der Waals surface area contributed by atoms with Gasteiger partial charge in [0.2, 0.25) is 17.8 Å². The van der Waals surface area contributed by atoms with Crippen molar-refractivity contribution in [3.63, 3.8) is 0 Å². The molecule has 0 aliphatic heterocycles. The predicted octanol–water partition coefficient (Wildman–Crippen LogP) is 5.28. The van der Waals surface area contributed by atoms with Gasteiger partial charge in [-0.25, -0.2) is 8.42 Å². The van der Waals surface area contributed by atoms with Crippen LogP contribution in [-0.2, 0) is 10.1 Å². The summed E-state index contributed by atoms with van der Waals surface area (Å²) in [5.74, 6) is 0.690. The largest absolute Gasteiger partial charge is 0.744 e. The topological polar surface area (TPSA) is 132 Å². The van der Waals surface area contributed by atoms with Crippen molar-refractivity contribution in [2.75, 3.05) is 16.0 Å². The van der Waals surface area contributed by atoms with Crippen molar-refractivity contribution in [1.82, 2.24) is 15.0 Å². The molecule has 1 heterocycles. The van der Waals surface area contributed by atoms with Crippen LogP contribution in [0.5, 0.6) is 0 Å². The highest BCUT2D eigenvalue weighted by Gasteiger charge is 2.10. The Labute approximate surface area is 202 Å². The minimum absolute atomic E-state index is 0.188. The first-order valence-electron chi connectivity index (χ1n) is 10.1. The molecule has 11 heteroatoms. The molecule has 1 aromatic heterocycles. The Morgan fingerprint density at radius 1 is 0.706 bits per heavy atom. The summed E-state index contributed by atoms with van der Waals surface area (Å²) in [5, 5.41) is 9.74. The van der Waals surface area contributed by atoms with Crippen molar-refractivity contribution in [1.29, 1.82) is 0 Å². The Balaban J connectivity index is 1.66. The van der Waals surface area contributed by atoms with Crippen molar-refractivity contribution in [2.24, 2.45) is 0 Å². The van der Waals surface area contributed by atoms with Crippen LogP contribution in [0, 0.1) is 13.8 Å². The van der Waals surface area contributed by atoms with Crippen molar-refractivity contribution in [3.8, 4) is 0 Å². The molecular formula is C23H20ClN6O3S-. The first-order valence-corrected chi connectivity index (χ1v) is 11.9. The molecule has 174 valence electrons. The molecule has 9 nitrogen and oxygen atoms in total. The molecule has 0 atom stereocenters. The molecule has 0 amide bonds. The van der Waals surface area contributed by atoms with E-state index in [1.54, 1.807) is 0 Å². The van der Waals surface area contributed by atoms with E-state index in [2.05, 4.69) is 30.9 Å². The average Bonchev–Trinajstić information content (AvgIpc) is 2.77. The molecule has 0 bridgehead atoms. The molecule has 0 aliphatic carbocycles. The minimum Gasteiger partial charge on any atom is -0.744 e. The Hall–Kier alpha value is -3.73. The smallest absolute Gasteiger partial charge is 0.233 e. The molecule has 3 aromatic carbocycles. The molecule has 0 fully saturated rings. The Morgan fingerprint density at radius 3 is 1.68 bits per heavy atom. The van der Waals surface area contributed by atoms with Crippen LogP contribution in [0.3, 0.4) is 0 Å². The monoisotopic (exact) mass is 495 g/mol. The van der Waals surface area contributed by atoms with Crippen LogP contribution in [0.4, 0.5) is 34.9 Å². The Morgan fingerprint density at radius 2 is 1.18 bits per heavy atom. The van der Waals surface area contributed by atoms with Gasteiger partial charge >= 0.3 is 0 Å². The summed E-state index contributed by atoms with van der Waals surface area (Å²) in [6, 6.07) is 18.6. The number of nitrogens with zero attached hydrogens (tertiary/aromatic N) is 3. The van der Waals surface area contributed by atoms with Gasteiger partial charge in [-0.2, -0.15) is 15.0 Å². The van der Waals surface area contributed by atoms with Gasteiger partial charge in [0, 0.05) is 11.4 Å². The van der Waals surface area contributed by atoms with Gasteiger partial charge in [0.1, 0.15) is 10.1 Å². The molecular weight excluding hydrogens is 476 g/mol. The van der Waals surface area contributed by atoms with Crippen molar-refractivity contribution in [3.05, 3.63) is 82.9 Å². The van der Waals surface area contributed by atoms with E-state index in [0.717, 1.165) is 16.8 Å². The molecule has 0 saturated heterocycles. The van der Waals surface area contributed by atoms with E-state index in [-0.39, 0.29) is 22.7 Å². The minimum atomic E-state index is -4.54. The number of halogens is 1. The summed E-state index contributed by atoms with van der Waals surface area (Å²) >= 11 is 6.35. The number of aryl methyl sites for hydroxylation is 2. The molecule has 4 aromatic rings. The van der Waals surface area contributed by atoms with E-state index < -0.39 is 10.1 Å². The number of nitrogens with one attached hydrogen (secondary N) is 3. The molecule has 4 rings (SSSR count). The van der Waals surface area contributed by atoms with Gasteiger partial charge < -0.3 is 20.5 Å². The van der Waals surface area contributed by atoms with Crippen LogP contribution in [-0.4, -0.2) is 27.9 Å². The number of benzene rings is 3. The van der Waals surface area contributed by atoms with Crippen LogP contribution in [0.1, 0.15) is 11.1 Å². The zero-order chi connectivity index (χ0) is 24.3. The summed E-state index contributed by atoms with van der Waals surface area (Å²) in [4.78, 5) is 12.9. The molecule has 0 unspecified atom stereocenters. The Bertz CT molecular complexity index is 1430. The van der Waals surface area contributed by atoms with Crippen LogP contribution in [0.2, 0.25) is 5.02 Å². The van der Waals surface area contributed by atoms with E-state index in [9.17, 15) is 13.0 Å². The highest BCUT2D eigenvalue weighted by Crippen LogP contribution is 2.27. The third kappa shape index (κ3) is 5.98. The molecule has 34 heavy (non-hydrogen) atoms. The second-order valence-electron chi connectivity index (χ2n) is 7.51. The first kappa shape index (κ1) is 23.4. The fraction of sp³-hybridized carbons (Fsp3) is 0.0870. The lowest BCUT2D eigenvalue weighted by Gasteiger charge is -2.13. The molecule has 0 saturated carbocycles. The number of aromatic nitrogens is 3. The van der Waals surface area contributed by atoms with Gasteiger partial charge in [-0.15, -0.1) is 0 Å². The second kappa shape index (κ2) is 9.64. The number of hydrogen-bond acceptors (Lipinski definition) is 9. The standard InChI is InChI=1S/C23H21ClN6O3S/c1-14-3-6-16(7-4-14)25-21-28-22(26-17-8-10-18(11-9-17)34(31,32)33)30-23(29-21)27-20-12-5-15(2)13-19(20)24/h3-13H,1-2H3,(H,31,32,33)(H3,25,26,27,28,29,30)/p-1. The van der Waals surface area contributed by atoms with Gasteiger partial charge in [-0.05, 0) is 67.9 Å². The maximum Gasteiger partial charge on any atom is 0.233 e. The lowest BCUT2D eigenvalue weighted by Crippen LogP contribution is -2.07. The van der Waals surface area contributed by atoms with E-state index in [1.165, 1.54) is 24.3 Å². The van der Waals surface area contributed by atoms with E-state index in [0.29, 0.717) is 16.4 Å². The SMILES string of the molecule is Cc1ccc(Nc2nc(Nc3ccc(S(=O)(=O)[O-])cc3)nc(Nc3ccc(C)cc3Cl)n2)cc1. The fourth-order valence-electron chi connectivity index (χ4n) is 2.99. The van der Waals surface area contributed by atoms with Crippen molar-refractivity contribution >= 4 is 56.6 Å². The maximum atomic E-state index is 11.2. The second-order valence-corrected chi connectivity index (χ2v) is 9.30. The summed E-state index contributed by atoms with van der Waals surface area (Å²) in [5.41, 5.74) is 4.02. The fourth-order valence-corrected chi connectivity index (χ4v) is 3.74. The maximum absolute atomic E-state index is 11.2. The summed E-state index contributed by atoms with van der Waals surface area (Å²) in [6.45, 7) is 3.93. The number of anilines is 6. The zero-order valence-electron chi connectivity index (χ0n) is 18.2. The third-order valence-electron chi connectivity index (χ3n) is 4.71. The lowest BCUT2D eigenvalue weighted by atomic mass is 10.2. The van der Waals surface area contributed by atoms with Gasteiger partial charge in [0.25, 0.3) is 0 Å². The molecule has 0 spiro atoms. The van der Waals surface area contributed by atoms with Gasteiger partial charge in [0.15, 0.2) is 0 Å². The van der Waals surface area contributed by atoms with E-state index in [4.69, 9.17) is 11.6 Å². The van der Waals surface area contributed by atoms with E-state index in [1.807, 2.05) is 56.3 Å². The van der Waals surface area contributed by atoms with Gasteiger partial charge in [-0.1, -0.05) is 35.4 Å². The Kier molecular flexibility index (Phi) is 6.64. The van der Waals surface area contributed by atoms with E-state index >= 15 is 0 Å². The van der Waals surface area contributed by atoms with Crippen molar-refractivity contribution in [2.45, 2.75) is 18.7 Å². The third-order valence-corrected chi connectivity index (χ3v) is 5.88. The zero-order valence-corrected chi connectivity index (χ0v) is 19.8. The quantitative estimate of drug-likeness (QED) is 0.293. The first-order chi connectivity index (χ1) is 16.2. The van der Waals surface area contributed by atoms with Crippen LogP contribution < -0.4 is 16.0 Å². The summed E-state index contributed by atoms with van der Waals surface area (Å²) in [6.07, 6.45) is 0. The molecule has 0 aliphatic rings. The van der Waals surface area contributed by atoms with Gasteiger partial charge in [-0.3, -0.25) is 0 Å². The highest BCUT2D eigenvalue weighted by atomic mass is 35.5. The van der Waals surface area contributed by atoms with Crippen LogP contribution >= 0.6 is 11.6 Å². The van der Waals surface area contributed by atoms with Crippen molar-refractivity contribution < 1.29 is 13.0 Å². The lowest BCUT2D eigenvalue weighted by molar-refractivity contribution is 0.463. The highest BCUT2D eigenvalue weighted by molar-refractivity contribution is 7.85. The van der Waals surface area contributed by atoms with Crippen LogP contribution in [0.25, 0.3) is 0 Å². The molecule has 3 N–H and O–H groups in total. The predicted molar refractivity (Wildman–Crippen MR) is 131 cm³/mol. The van der Waals surface area contributed by atoms with Gasteiger partial charge in [0.05, 0.1) is 15.6 Å². The summed E-state index contributed by atoms with van der Waals surface area (Å²) in [7, 11) is -4.54.